The van der Waals surface area contributed by atoms with Gasteiger partial charge in [0.2, 0.25) is 0 Å². The Labute approximate surface area is 117 Å². The third-order valence-electron chi connectivity index (χ3n) is 3.57. The van der Waals surface area contributed by atoms with Crippen LogP contribution >= 0.6 is 0 Å². The maximum absolute atomic E-state index is 11.7. The summed E-state index contributed by atoms with van der Waals surface area (Å²) in [4.78, 5) is 11.7. The molecule has 0 atom stereocenters. The Morgan fingerprint density at radius 1 is 1.35 bits per heavy atom. The van der Waals surface area contributed by atoms with E-state index >= 15 is 0 Å². The molecule has 20 heavy (non-hydrogen) atoms. The summed E-state index contributed by atoms with van der Waals surface area (Å²) in [6.45, 7) is 1.53. The zero-order valence-electron chi connectivity index (χ0n) is 11.3. The number of hydrogen-bond donors (Lipinski definition) is 1. The van der Waals surface area contributed by atoms with Gasteiger partial charge in [-0.05, 0) is 25.0 Å². The van der Waals surface area contributed by atoms with E-state index in [9.17, 15) is 4.79 Å². The van der Waals surface area contributed by atoms with Crippen LogP contribution in [0, 0.1) is 0 Å². The highest BCUT2D eigenvalue weighted by atomic mass is 16.3. The standard InChI is InChI=1S/C14H18N4O2/c19-14(11-5-4-10-20-11)15-8-7-13-17-16-12-6-2-1-3-9-18(12)13/h4-5,10H,1-3,6-9H2,(H,15,19). The molecule has 6 nitrogen and oxygen atoms in total. The lowest BCUT2D eigenvalue weighted by Crippen LogP contribution is -2.26. The Morgan fingerprint density at radius 2 is 2.30 bits per heavy atom. The number of aryl methyl sites for hydroxylation is 1. The van der Waals surface area contributed by atoms with Crippen molar-refractivity contribution < 1.29 is 9.21 Å². The highest BCUT2D eigenvalue weighted by Crippen LogP contribution is 2.14. The van der Waals surface area contributed by atoms with Crippen molar-refractivity contribution in [2.45, 2.75) is 38.6 Å². The van der Waals surface area contributed by atoms with Crippen LogP contribution < -0.4 is 5.32 Å². The maximum atomic E-state index is 11.7. The number of fused-ring (bicyclic) bond motifs is 1. The van der Waals surface area contributed by atoms with Crippen molar-refractivity contribution in [3.8, 4) is 0 Å². The smallest absolute Gasteiger partial charge is 0.286 e. The fourth-order valence-corrected chi connectivity index (χ4v) is 2.51. The number of amides is 1. The van der Waals surface area contributed by atoms with Gasteiger partial charge in [0.1, 0.15) is 11.6 Å². The van der Waals surface area contributed by atoms with Crippen molar-refractivity contribution in [1.82, 2.24) is 20.1 Å². The van der Waals surface area contributed by atoms with Gasteiger partial charge in [0.15, 0.2) is 5.76 Å². The second kappa shape index (κ2) is 5.90. The largest absolute Gasteiger partial charge is 0.459 e. The molecule has 1 aliphatic heterocycles. The SMILES string of the molecule is O=C(NCCc1nnc2n1CCCCC2)c1ccco1. The van der Waals surface area contributed by atoms with Crippen LogP contribution in [0.3, 0.4) is 0 Å². The average molecular weight is 274 g/mol. The Balaban J connectivity index is 1.56. The summed E-state index contributed by atoms with van der Waals surface area (Å²) in [6, 6.07) is 3.35. The number of carbonyl (C=O) groups excluding carboxylic acids is 1. The number of aromatic nitrogens is 3. The van der Waals surface area contributed by atoms with Gasteiger partial charge in [-0.25, -0.2) is 0 Å². The van der Waals surface area contributed by atoms with E-state index in [0.29, 0.717) is 18.7 Å². The van der Waals surface area contributed by atoms with Crippen LogP contribution in [-0.2, 0) is 19.4 Å². The molecule has 1 aliphatic rings. The molecule has 2 aromatic rings. The van der Waals surface area contributed by atoms with Crippen molar-refractivity contribution >= 4 is 5.91 Å². The third kappa shape index (κ3) is 2.74. The first-order valence-electron chi connectivity index (χ1n) is 7.07. The van der Waals surface area contributed by atoms with Crippen LogP contribution in [0.1, 0.15) is 41.5 Å². The van der Waals surface area contributed by atoms with Gasteiger partial charge in [0.05, 0.1) is 6.26 Å². The lowest BCUT2D eigenvalue weighted by molar-refractivity contribution is 0.0926. The summed E-state index contributed by atoms with van der Waals surface area (Å²) in [6.07, 6.45) is 6.81. The Kier molecular flexibility index (Phi) is 3.80. The molecular weight excluding hydrogens is 256 g/mol. The number of hydrogen-bond acceptors (Lipinski definition) is 4. The Hall–Kier alpha value is -2.11. The second-order valence-electron chi connectivity index (χ2n) is 4.98. The van der Waals surface area contributed by atoms with Crippen LogP contribution in [-0.4, -0.2) is 27.2 Å². The van der Waals surface area contributed by atoms with E-state index < -0.39 is 0 Å². The number of nitrogens with zero attached hydrogens (tertiary/aromatic N) is 3. The van der Waals surface area contributed by atoms with Gasteiger partial charge in [-0.15, -0.1) is 10.2 Å². The van der Waals surface area contributed by atoms with E-state index in [0.717, 1.165) is 24.6 Å². The van der Waals surface area contributed by atoms with Crippen molar-refractivity contribution in [2.75, 3.05) is 6.54 Å². The molecular formula is C14H18N4O2. The first-order chi connectivity index (χ1) is 9.84. The second-order valence-corrected chi connectivity index (χ2v) is 4.98. The van der Waals surface area contributed by atoms with Gasteiger partial charge in [-0.2, -0.15) is 0 Å². The van der Waals surface area contributed by atoms with Crippen LogP contribution in [0.5, 0.6) is 0 Å². The molecule has 1 N–H and O–H groups in total. The summed E-state index contributed by atoms with van der Waals surface area (Å²) in [5, 5.41) is 11.3. The van der Waals surface area contributed by atoms with Crippen molar-refractivity contribution in [3.63, 3.8) is 0 Å². The van der Waals surface area contributed by atoms with E-state index in [-0.39, 0.29) is 5.91 Å². The van der Waals surface area contributed by atoms with E-state index in [4.69, 9.17) is 4.42 Å². The molecule has 0 aliphatic carbocycles. The maximum Gasteiger partial charge on any atom is 0.286 e. The van der Waals surface area contributed by atoms with Gasteiger partial charge >= 0.3 is 0 Å². The first-order valence-corrected chi connectivity index (χ1v) is 7.07. The van der Waals surface area contributed by atoms with Crippen LogP contribution in [0.2, 0.25) is 0 Å². The van der Waals surface area contributed by atoms with Crippen LogP contribution in [0.25, 0.3) is 0 Å². The molecule has 0 fully saturated rings. The minimum Gasteiger partial charge on any atom is -0.459 e. The first kappa shape index (κ1) is 12.9. The summed E-state index contributed by atoms with van der Waals surface area (Å²) in [5.74, 6) is 2.19. The third-order valence-corrected chi connectivity index (χ3v) is 3.57. The van der Waals surface area contributed by atoms with Gasteiger partial charge in [-0.3, -0.25) is 4.79 Å². The molecule has 6 heteroatoms. The van der Waals surface area contributed by atoms with E-state index in [1.165, 1.54) is 25.5 Å². The molecule has 3 rings (SSSR count). The molecule has 0 radical (unpaired) electrons. The zero-order chi connectivity index (χ0) is 13.8. The summed E-state index contributed by atoms with van der Waals surface area (Å²) < 4.78 is 7.25. The monoisotopic (exact) mass is 274 g/mol. The summed E-state index contributed by atoms with van der Waals surface area (Å²) in [7, 11) is 0. The number of nitrogens with one attached hydrogen (secondary N) is 1. The topological polar surface area (TPSA) is 73.0 Å². The molecule has 3 heterocycles. The normalized spacial score (nSPS) is 14.6. The molecule has 0 spiro atoms. The quantitative estimate of drug-likeness (QED) is 0.918. The predicted molar refractivity (Wildman–Crippen MR) is 72.3 cm³/mol. The zero-order valence-corrected chi connectivity index (χ0v) is 11.3. The van der Waals surface area contributed by atoms with Gasteiger partial charge < -0.3 is 14.3 Å². The lowest BCUT2D eigenvalue weighted by atomic mass is 10.2. The van der Waals surface area contributed by atoms with Crippen molar-refractivity contribution in [3.05, 3.63) is 35.8 Å². The Morgan fingerprint density at radius 3 is 3.15 bits per heavy atom. The molecule has 0 saturated carbocycles. The molecule has 106 valence electrons. The van der Waals surface area contributed by atoms with Gasteiger partial charge in [-0.1, -0.05) is 6.42 Å². The minimum atomic E-state index is -0.189. The summed E-state index contributed by atoms with van der Waals surface area (Å²) in [5.41, 5.74) is 0. The molecule has 1 amide bonds. The molecule has 0 saturated heterocycles. The number of furan rings is 1. The molecule has 0 bridgehead atoms. The van der Waals surface area contributed by atoms with E-state index in [1.807, 2.05) is 0 Å². The Bertz CT molecular complexity index is 574. The van der Waals surface area contributed by atoms with E-state index in [2.05, 4.69) is 20.1 Å². The molecule has 0 aromatic carbocycles. The van der Waals surface area contributed by atoms with E-state index in [1.54, 1.807) is 12.1 Å². The highest BCUT2D eigenvalue weighted by molar-refractivity contribution is 5.91. The number of rotatable bonds is 4. The fourth-order valence-electron chi connectivity index (χ4n) is 2.51. The number of carbonyl (C=O) groups is 1. The van der Waals surface area contributed by atoms with Crippen LogP contribution in [0.4, 0.5) is 0 Å². The van der Waals surface area contributed by atoms with Gasteiger partial charge in [0, 0.05) is 25.9 Å². The molecule has 2 aromatic heterocycles. The predicted octanol–water partition coefficient (Wildman–Crippen LogP) is 1.57. The lowest BCUT2D eigenvalue weighted by Gasteiger charge is -2.07. The fraction of sp³-hybridized carbons (Fsp3) is 0.500. The highest BCUT2D eigenvalue weighted by Gasteiger charge is 2.15. The molecule has 0 unspecified atom stereocenters. The van der Waals surface area contributed by atoms with Crippen molar-refractivity contribution in [1.29, 1.82) is 0 Å². The average Bonchev–Trinajstić information content (AvgIpc) is 3.05. The van der Waals surface area contributed by atoms with Crippen LogP contribution in [0.15, 0.2) is 22.8 Å². The van der Waals surface area contributed by atoms with Crippen molar-refractivity contribution in [2.24, 2.45) is 0 Å². The minimum absolute atomic E-state index is 0.189. The summed E-state index contributed by atoms with van der Waals surface area (Å²) >= 11 is 0. The van der Waals surface area contributed by atoms with Gasteiger partial charge in [0.25, 0.3) is 5.91 Å².